The fourth-order valence-corrected chi connectivity index (χ4v) is 0.397. The van der Waals surface area contributed by atoms with Crippen LogP contribution >= 0.6 is 0 Å². The van der Waals surface area contributed by atoms with Crippen molar-refractivity contribution in [2.75, 3.05) is 6.54 Å². The average molecular weight is 123 g/mol. The first-order valence-electron chi connectivity index (χ1n) is 3.06. The fraction of sp³-hybridized carbons (Fsp3) is 0.250. The van der Waals surface area contributed by atoms with Crippen molar-refractivity contribution in [1.29, 1.82) is 0 Å². The summed E-state index contributed by atoms with van der Waals surface area (Å²) in [5.41, 5.74) is 5.20. The summed E-state index contributed by atoms with van der Waals surface area (Å²) in [5, 5.41) is 0. The maximum atomic E-state index is 5.20. The summed E-state index contributed by atoms with van der Waals surface area (Å²) in [5.74, 6) is 0. The lowest BCUT2D eigenvalue weighted by Gasteiger charge is -1.73. The first-order chi connectivity index (χ1) is 4.41. The molecule has 0 unspecified atom stereocenters. The van der Waals surface area contributed by atoms with Gasteiger partial charge in [-0.2, -0.15) is 0 Å². The second-order valence-electron chi connectivity index (χ2n) is 1.57. The Morgan fingerprint density at radius 1 is 1.11 bits per heavy atom. The van der Waals surface area contributed by atoms with Crippen LogP contribution < -0.4 is 5.73 Å². The van der Waals surface area contributed by atoms with Crippen LogP contribution in [0.4, 0.5) is 0 Å². The van der Waals surface area contributed by atoms with E-state index in [2.05, 4.69) is 0 Å². The Kier molecular flexibility index (Phi) is 6.53. The summed E-state index contributed by atoms with van der Waals surface area (Å²) >= 11 is 0. The zero-order valence-corrected chi connectivity index (χ0v) is 5.75. The first kappa shape index (κ1) is 8.18. The molecule has 0 saturated carbocycles. The zero-order chi connectivity index (χ0) is 6.95. The summed E-state index contributed by atoms with van der Waals surface area (Å²) in [4.78, 5) is 0. The minimum Gasteiger partial charge on any atom is -0.327 e. The molecule has 0 aromatic carbocycles. The summed E-state index contributed by atoms with van der Waals surface area (Å²) in [6.07, 6.45) is 11.7. The Morgan fingerprint density at radius 3 is 2.33 bits per heavy atom. The van der Waals surface area contributed by atoms with Crippen LogP contribution in [0.2, 0.25) is 0 Å². The van der Waals surface area contributed by atoms with Crippen molar-refractivity contribution in [3.05, 3.63) is 36.5 Å². The molecule has 0 aliphatic carbocycles. The number of hydrogen-bond donors (Lipinski definition) is 1. The molecule has 0 saturated heterocycles. The van der Waals surface area contributed by atoms with Crippen molar-refractivity contribution < 1.29 is 0 Å². The van der Waals surface area contributed by atoms with Crippen LogP contribution in [-0.2, 0) is 0 Å². The van der Waals surface area contributed by atoms with Crippen LogP contribution in [-0.4, -0.2) is 6.54 Å². The topological polar surface area (TPSA) is 26.0 Å². The SMILES string of the molecule is C\C=C/C=C\C=C\CN. The predicted octanol–water partition coefficient (Wildman–Crippen LogP) is 1.63. The lowest BCUT2D eigenvalue weighted by Crippen LogP contribution is -1.91. The van der Waals surface area contributed by atoms with Crippen molar-refractivity contribution >= 4 is 0 Å². The van der Waals surface area contributed by atoms with E-state index in [9.17, 15) is 0 Å². The highest BCUT2D eigenvalue weighted by molar-refractivity contribution is 5.10. The Bertz CT molecular complexity index is 121. The standard InChI is InChI=1S/C8H13N/c1-2-3-4-5-6-7-8-9/h2-7H,8-9H2,1H3/b3-2-,5-4-,7-6+. The van der Waals surface area contributed by atoms with E-state index < -0.39 is 0 Å². The minimum absolute atomic E-state index is 0.611. The Hall–Kier alpha value is -0.820. The van der Waals surface area contributed by atoms with Crippen molar-refractivity contribution in [3.63, 3.8) is 0 Å². The highest BCUT2D eigenvalue weighted by Gasteiger charge is 1.60. The molecular formula is C8H13N. The number of allylic oxidation sites excluding steroid dienone is 5. The highest BCUT2D eigenvalue weighted by atomic mass is 14.5. The van der Waals surface area contributed by atoms with E-state index in [4.69, 9.17) is 5.73 Å². The largest absolute Gasteiger partial charge is 0.327 e. The summed E-state index contributed by atoms with van der Waals surface area (Å²) in [6, 6.07) is 0. The van der Waals surface area contributed by atoms with Gasteiger partial charge in [-0.05, 0) is 6.92 Å². The summed E-state index contributed by atoms with van der Waals surface area (Å²) < 4.78 is 0. The third-order valence-corrected chi connectivity index (χ3v) is 0.798. The molecule has 0 bridgehead atoms. The van der Waals surface area contributed by atoms with Crippen LogP contribution in [0.25, 0.3) is 0 Å². The number of hydrogen-bond acceptors (Lipinski definition) is 1. The van der Waals surface area contributed by atoms with Crippen molar-refractivity contribution in [2.24, 2.45) is 5.73 Å². The molecule has 0 rings (SSSR count). The first-order valence-corrected chi connectivity index (χ1v) is 3.06. The van der Waals surface area contributed by atoms with Gasteiger partial charge in [0.25, 0.3) is 0 Å². The van der Waals surface area contributed by atoms with Gasteiger partial charge in [-0.25, -0.2) is 0 Å². The lowest BCUT2D eigenvalue weighted by atomic mass is 10.4. The van der Waals surface area contributed by atoms with Gasteiger partial charge < -0.3 is 5.73 Å². The van der Waals surface area contributed by atoms with Crippen LogP contribution in [0.5, 0.6) is 0 Å². The lowest BCUT2D eigenvalue weighted by molar-refractivity contribution is 1.25. The van der Waals surface area contributed by atoms with Crippen molar-refractivity contribution in [1.82, 2.24) is 0 Å². The minimum atomic E-state index is 0.611. The second-order valence-corrected chi connectivity index (χ2v) is 1.57. The number of rotatable bonds is 3. The Labute approximate surface area is 56.6 Å². The van der Waals surface area contributed by atoms with Gasteiger partial charge in [0.2, 0.25) is 0 Å². The summed E-state index contributed by atoms with van der Waals surface area (Å²) in [6.45, 7) is 2.59. The average Bonchev–Trinajstić information content (AvgIpc) is 1.89. The number of nitrogens with two attached hydrogens (primary N) is 1. The van der Waals surface area contributed by atoms with E-state index in [1.165, 1.54) is 0 Å². The molecule has 0 spiro atoms. The van der Waals surface area contributed by atoms with Gasteiger partial charge in [-0.15, -0.1) is 0 Å². The molecule has 50 valence electrons. The van der Waals surface area contributed by atoms with Crippen LogP contribution in [0.15, 0.2) is 36.5 Å². The van der Waals surface area contributed by atoms with Gasteiger partial charge in [0.05, 0.1) is 0 Å². The van der Waals surface area contributed by atoms with E-state index in [-0.39, 0.29) is 0 Å². The van der Waals surface area contributed by atoms with Gasteiger partial charge in [0.1, 0.15) is 0 Å². The fourth-order valence-electron chi connectivity index (χ4n) is 0.397. The van der Waals surface area contributed by atoms with Gasteiger partial charge in [0, 0.05) is 6.54 Å². The molecule has 0 radical (unpaired) electrons. The molecule has 0 amide bonds. The van der Waals surface area contributed by atoms with Crippen LogP contribution in [0.3, 0.4) is 0 Å². The summed E-state index contributed by atoms with van der Waals surface area (Å²) in [7, 11) is 0. The normalized spacial score (nSPS) is 12.7. The maximum Gasteiger partial charge on any atom is 0.0109 e. The molecule has 0 aromatic heterocycles. The predicted molar refractivity (Wildman–Crippen MR) is 42.1 cm³/mol. The van der Waals surface area contributed by atoms with E-state index in [1.807, 2.05) is 43.4 Å². The van der Waals surface area contributed by atoms with Gasteiger partial charge in [-0.1, -0.05) is 36.5 Å². The van der Waals surface area contributed by atoms with E-state index >= 15 is 0 Å². The third kappa shape index (κ3) is 7.18. The molecule has 1 nitrogen and oxygen atoms in total. The molecule has 0 heterocycles. The van der Waals surface area contributed by atoms with Gasteiger partial charge in [0.15, 0.2) is 0 Å². The quantitative estimate of drug-likeness (QED) is 0.567. The highest BCUT2D eigenvalue weighted by Crippen LogP contribution is 1.77. The van der Waals surface area contributed by atoms with Gasteiger partial charge >= 0.3 is 0 Å². The molecular weight excluding hydrogens is 110 g/mol. The molecule has 9 heavy (non-hydrogen) atoms. The van der Waals surface area contributed by atoms with Crippen LogP contribution in [0, 0.1) is 0 Å². The monoisotopic (exact) mass is 123 g/mol. The van der Waals surface area contributed by atoms with Crippen molar-refractivity contribution in [2.45, 2.75) is 6.92 Å². The maximum absolute atomic E-state index is 5.20. The molecule has 0 aromatic rings. The smallest absolute Gasteiger partial charge is 0.0109 e. The van der Waals surface area contributed by atoms with Gasteiger partial charge in [-0.3, -0.25) is 0 Å². The molecule has 1 heteroatoms. The van der Waals surface area contributed by atoms with Crippen LogP contribution in [0.1, 0.15) is 6.92 Å². The zero-order valence-electron chi connectivity index (χ0n) is 5.75. The second kappa shape index (κ2) is 7.18. The Balaban J connectivity index is 3.35. The third-order valence-electron chi connectivity index (χ3n) is 0.798. The molecule has 0 fully saturated rings. The molecule has 0 aliphatic heterocycles. The van der Waals surface area contributed by atoms with Crippen molar-refractivity contribution in [3.8, 4) is 0 Å². The Morgan fingerprint density at radius 2 is 1.78 bits per heavy atom. The van der Waals surface area contributed by atoms with E-state index in [1.54, 1.807) is 0 Å². The molecule has 2 N–H and O–H groups in total. The van der Waals surface area contributed by atoms with E-state index in [0.717, 1.165) is 0 Å². The van der Waals surface area contributed by atoms with E-state index in [0.29, 0.717) is 6.54 Å². The molecule has 0 atom stereocenters. The molecule has 0 aliphatic rings.